The number of amides is 1. The Labute approximate surface area is 153 Å². The number of benzene rings is 1. The van der Waals surface area contributed by atoms with Crippen molar-refractivity contribution in [1.29, 1.82) is 0 Å². The van der Waals surface area contributed by atoms with Crippen LogP contribution in [0.4, 0.5) is 0 Å². The van der Waals surface area contributed by atoms with Crippen LogP contribution in [0.15, 0.2) is 47.1 Å². The maximum atomic E-state index is 13.2. The largest absolute Gasteiger partial charge is 0.463 e. The molecule has 0 saturated carbocycles. The van der Waals surface area contributed by atoms with Crippen molar-refractivity contribution in [1.82, 2.24) is 14.4 Å². The Hall–Kier alpha value is -2.53. The molecule has 1 aliphatic heterocycles. The molecular weight excluding hydrogens is 326 g/mol. The first-order valence-electron chi connectivity index (χ1n) is 9.30. The van der Waals surface area contributed by atoms with Crippen LogP contribution in [0.5, 0.6) is 0 Å². The van der Waals surface area contributed by atoms with Gasteiger partial charge < -0.3 is 18.8 Å². The summed E-state index contributed by atoms with van der Waals surface area (Å²) in [6.07, 6.45) is 1.69. The third-order valence-electron chi connectivity index (χ3n) is 5.44. The van der Waals surface area contributed by atoms with Gasteiger partial charge in [-0.05, 0) is 24.6 Å². The van der Waals surface area contributed by atoms with Crippen LogP contribution in [-0.2, 0) is 6.54 Å². The van der Waals surface area contributed by atoms with E-state index < -0.39 is 0 Å². The number of likely N-dealkylation sites (N-methyl/N-ethyl adjacent to an activating group) is 1. The van der Waals surface area contributed by atoms with Crippen molar-refractivity contribution >= 4 is 17.0 Å². The first kappa shape index (κ1) is 16.9. The predicted molar refractivity (Wildman–Crippen MR) is 103 cm³/mol. The normalized spacial score (nSPS) is 15.7. The molecule has 1 aromatic carbocycles. The van der Waals surface area contributed by atoms with Gasteiger partial charge in [0.15, 0.2) is 5.58 Å². The van der Waals surface area contributed by atoms with E-state index >= 15 is 0 Å². The smallest absolute Gasteiger partial charge is 0.270 e. The quantitative estimate of drug-likeness (QED) is 0.724. The minimum absolute atomic E-state index is 0.0979. The fourth-order valence-electron chi connectivity index (χ4n) is 3.71. The highest BCUT2D eigenvalue weighted by molar-refractivity contribution is 5.97. The number of hydrogen-bond donors (Lipinski definition) is 0. The second kappa shape index (κ2) is 7.00. The molecule has 1 fully saturated rings. The van der Waals surface area contributed by atoms with Gasteiger partial charge in [-0.25, -0.2) is 0 Å². The molecule has 0 N–H and O–H groups in total. The van der Waals surface area contributed by atoms with Gasteiger partial charge in [-0.15, -0.1) is 0 Å². The Morgan fingerprint density at radius 1 is 1.12 bits per heavy atom. The van der Waals surface area contributed by atoms with Gasteiger partial charge in [0.25, 0.3) is 5.91 Å². The molecule has 26 heavy (non-hydrogen) atoms. The number of aryl methyl sites for hydroxylation is 1. The number of hydrogen-bond acceptors (Lipinski definition) is 3. The molecule has 0 spiro atoms. The summed E-state index contributed by atoms with van der Waals surface area (Å²) in [5.74, 6) is 0.0979. The van der Waals surface area contributed by atoms with E-state index in [-0.39, 0.29) is 5.91 Å². The lowest BCUT2D eigenvalue weighted by atomic mass is 10.1. The molecule has 136 valence electrons. The highest BCUT2D eigenvalue weighted by atomic mass is 16.3. The van der Waals surface area contributed by atoms with Crippen LogP contribution in [-0.4, -0.2) is 53.0 Å². The van der Waals surface area contributed by atoms with Crippen molar-refractivity contribution in [2.45, 2.75) is 20.4 Å². The second-order valence-corrected chi connectivity index (χ2v) is 6.94. The van der Waals surface area contributed by atoms with Crippen LogP contribution in [0.25, 0.3) is 11.1 Å². The first-order chi connectivity index (χ1) is 12.7. The summed E-state index contributed by atoms with van der Waals surface area (Å²) in [6.45, 7) is 9.43. The van der Waals surface area contributed by atoms with Gasteiger partial charge >= 0.3 is 0 Å². The molecule has 3 aromatic rings. The third-order valence-corrected chi connectivity index (χ3v) is 5.44. The summed E-state index contributed by atoms with van der Waals surface area (Å²) in [5.41, 5.74) is 4.91. The average Bonchev–Trinajstić information content (AvgIpc) is 3.25. The minimum Gasteiger partial charge on any atom is -0.463 e. The van der Waals surface area contributed by atoms with Gasteiger partial charge in [0.2, 0.25) is 0 Å². The Morgan fingerprint density at radius 3 is 2.62 bits per heavy atom. The lowest BCUT2D eigenvalue weighted by Crippen LogP contribution is -2.48. The van der Waals surface area contributed by atoms with E-state index in [1.54, 1.807) is 6.26 Å². The summed E-state index contributed by atoms with van der Waals surface area (Å²) >= 11 is 0. The number of nitrogens with zero attached hydrogens (tertiary/aromatic N) is 3. The van der Waals surface area contributed by atoms with Crippen molar-refractivity contribution in [2.24, 2.45) is 0 Å². The molecule has 0 unspecified atom stereocenters. The van der Waals surface area contributed by atoms with Gasteiger partial charge in [-0.2, -0.15) is 0 Å². The molecule has 3 heterocycles. The highest BCUT2D eigenvalue weighted by Gasteiger charge is 2.25. The molecule has 0 aliphatic carbocycles. The van der Waals surface area contributed by atoms with Gasteiger partial charge in [-0.3, -0.25) is 4.79 Å². The lowest BCUT2D eigenvalue weighted by Gasteiger charge is -2.34. The van der Waals surface area contributed by atoms with Gasteiger partial charge in [0.1, 0.15) is 5.69 Å². The van der Waals surface area contributed by atoms with E-state index in [0.717, 1.165) is 43.8 Å². The molecule has 1 aliphatic rings. The van der Waals surface area contributed by atoms with Crippen molar-refractivity contribution in [3.8, 4) is 0 Å². The Morgan fingerprint density at radius 2 is 1.88 bits per heavy atom. The van der Waals surface area contributed by atoms with Crippen LogP contribution in [0, 0.1) is 6.92 Å². The second-order valence-electron chi connectivity index (χ2n) is 6.94. The molecule has 0 atom stereocenters. The van der Waals surface area contributed by atoms with Crippen LogP contribution in [0.2, 0.25) is 0 Å². The molecular formula is C21H25N3O2. The number of aromatic nitrogens is 1. The number of carbonyl (C=O) groups excluding carboxylic acids is 1. The zero-order chi connectivity index (χ0) is 18.1. The summed E-state index contributed by atoms with van der Waals surface area (Å²) in [5, 5.41) is 0. The Kier molecular flexibility index (Phi) is 4.55. The van der Waals surface area contributed by atoms with E-state index in [0.29, 0.717) is 12.2 Å². The van der Waals surface area contributed by atoms with Crippen molar-refractivity contribution < 1.29 is 9.21 Å². The van der Waals surface area contributed by atoms with Crippen molar-refractivity contribution in [3.05, 3.63) is 59.5 Å². The van der Waals surface area contributed by atoms with E-state index in [1.807, 2.05) is 29.2 Å². The zero-order valence-electron chi connectivity index (χ0n) is 15.4. The number of piperazine rings is 1. The summed E-state index contributed by atoms with van der Waals surface area (Å²) < 4.78 is 7.67. The topological polar surface area (TPSA) is 41.6 Å². The molecule has 0 radical (unpaired) electrons. The highest BCUT2D eigenvalue weighted by Crippen LogP contribution is 2.24. The van der Waals surface area contributed by atoms with E-state index in [4.69, 9.17) is 4.42 Å². The molecule has 1 saturated heterocycles. The number of rotatable bonds is 4. The number of furan rings is 1. The standard InChI is InChI=1S/C21H25N3O2/c1-3-22-9-11-23(12-10-22)21(25)19-14-20-18(8-13-26-20)24(19)15-17-7-5-4-6-16(17)2/h4-8,13-14H,3,9-12,15H2,1-2H3. The predicted octanol–water partition coefficient (Wildman–Crippen LogP) is 3.37. The Bertz CT molecular complexity index is 916. The Balaban J connectivity index is 1.66. The maximum absolute atomic E-state index is 13.2. The summed E-state index contributed by atoms with van der Waals surface area (Å²) in [7, 11) is 0. The number of carbonyl (C=O) groups is 1. The van der Waals surface area contributed by atoms with Crippen LogP contribution in [0.3, 0.4) is 0 Å². The fraction of sp³-hybridized carbons (Fsp3) is 0.381. The average molecular weight is 351 g/mol. The summed E-state index contributed by atoms with van der Waals surface area (Å²) in [4.78, 5) is 17.5. The van der Waals surface area contributed by atoms with Crippen molar-refractivity contribution in [2.75, 3.05) is 32.7 Å². The van der Waals surface area contributed by atoms with Crippen LogP contribution in [0.1, 0.15) is 28.5 Å². The summed E-state index contributed by atoms with van der Waals surface area (Å²) in [6, 6.07) is 12.2. The molecule has 4 rings (SSSR count). The molecule has 1 amide bonds. The molecule has 0 bridgehead atoms. The fourth-order valence-corrected chi connectivity index (χ4v) is 3.71. The number of fused-ring (bicyclic) bond motifs is 1. The van der Waals surface area contributed by atoms with Crippen LogP contribution < -0.4 is 0 Å². The van der Waals surface area contributed by atoms with E-state index in [1.165, 1.54) is 11.1 Å². The van der Waals surface area contributed by atoms with Crippen molar-refractivity contribution in [3.63, 3.8) is 0 Å². The SMILES string of the molecule is CCN1CCN(C(=O)c2cc3occc3n2Cc2ccccc2C)CC1. The van der Waals surface area contributed by atoms with Crippen LogP contribution >= 0.6 is 0 Å². The molecule has 2 aromatic heterocycles. The van der Waals surface area contributed by atoms with E-state index in [2.05, 4.69) is 35.4 Å². The molecule has 5 nitrogen and oxygen atoms in total. The molecule has 5 heteroatoms. The minimum atomic E-state index is 0.0979. The zero-order valence-corrected chi connectivity index (χ0v) is 15.4. The lowest BCUT2D eigenvalue weighted by molar-refractivity contribution is 0.0633. The monoisotopic (exact) mass is 351 g/mol. The van der Waals surface area contributed by atoms with Gasteiger partial charge in [0.05, 0.1) is 11.8 Å². The van der Waals surface area contributed by atoms with E-state index in [9.17, 15) is 4.79 Å². The van der Waals surface area contributed by atoms with Gasteiger partial charge in [-0.1, -0.05) is 31.2 Å². The maximum Gasteiger partial charge on any atom is 0.270 e. The third kappa shape index (κ3) is 3.03. The van der Waals surface area contributed by atoms with Gasteiger partial charge in [0, 0.05) is 44.9 Å². The first-order valence-corrected chi connectivity index (χ1v) is 9.30.